The molecule has 0 spiro atoms. The van der Waals surface area contributed by atoms with Crippen LogP contribution in [0.25, 0.3) is 0 Å². The first-order chi connectivity index (χ1) is 12.2. The third-order valence-electron chi connectivity index (χ3n) is 4.26. The molecule has 0 aliphatic carbocycles. The summed E-state index contributed by atoms with van der Waals surface area (Å²) in [6, 6.07) is 12.7. The molecule has 0 fully saturated rings. The monoisotopic (exact) mass is 339 g/mol. The van der Waals surface area contributed by atoms with Gasteiger partial charge in [-0.1, -0.05) is 24.3 Å². The lowest BCUT2D eigenvalue weighted by Gasteiger charge is -2.24. The molecule has 1 unspecified atom stereocenters. The Bertz CT molecular complexity index is 832. The topological polar surface area (TPSA) is 73.9 Å². The molecule has 1 amide bonds. The maximum atomic E-state index is 12.4. The molecule has 4 rings (SSSR count). The van der Waals surface area contributed by atoms with E-state index in [-0.39, 0.29) is 5.91 Å². The SMILES string of the molecule is O=C1OC(C(=O)NCc2ccc3c(c2)OCCO3)Cc2ccccc21. The Morgan fingerprint density at radius 3 is 2.76 bits per heavy atom. The number of rotatable bonds is 3. The summed E-state index contributed by atoms with van der Waals surface area (Å²) >= 11 is 0. The van der Waals surface area contributed by atoms with Crippen LogP contribution in [-0.4, -0.2) is 31.2 Å². The molecule has 6 nitrogen and oxygen atoms in total. The van der Waals surface area contributed by atoms with E-state index in [4.69, 9.17) is 14.2 Å². The third-order valence-corrected chi connectivity index (χ3v) is 4.26. The van der Waals surface area contributed by atoms with Crippen LogP contribution in [0.1, 0.15) is 21.5 Å². The van der Waals surface area contributed by atoms with E-state index in [1.54, 1.807) is 12.1 Å². The van der Waals surface area contributed by atoms with Gasteiger partial charge in [-0.05, 0) is 29.3 Å². The van der Waals surface area contributed by atoms with E-state index >= 15 is 0 Å². The second-order valence-corrected chi connectivity index (χ2v) is 5.95. The molecule has 6 heteroatoms. The van der Waals surface area contributed by atoms with E-state index in [2.05, 4.69) is 5.32 Å². The molecule has 2 aromatic rings. The number of hydrogen-bond acceptors (Lipinski definition) is 5. The van der Waals surface area contributed by atoms with E-state index in [0.717, 1.165) is 11.1 Å². The predicted molar refractivity (Wildman–Crippen MR) is 88.6 cm³/mol. The van der Waals surface area contributed by atoms with Crippen molar-refractivity contribution in [2.75, 3.05) is 13.2 Å². The van der Waals surface area contributed by atoms with Crippen LogP contribution < -0.4 is 14.8 Å². The normalized spacial score (nSPS) is 18.1. The number of ether oxygens (including phenoxy) is 3. The summed E-state index contributed by atoms with van der Waals surface area (Å²) in [6.45, 7) is 1.38. The lowest BCUT2D eigenvalue weighted by molar-refractivity contribution is -0.130. The smallest absolute Gasteiger partial charge is 0.339 e. The molecular weight excluding hydrogens is 322 g/mol. The maximum absolute atomic E-state index is 12.4. The fourth-order valence-corrected chi connectivity index (χ4v) is 2.98. The van der Waals surface area contributed by atoms with Crippen LogP contribution >= 0.6 is 0 Å². The first-order valence-corrected chi connectivity index (χ1v) is 8.16. The number of amides is 1. The molecule has 25 heavy (non-hydrogen) atoms. The van der Waals surface area contributed by atoms with Gasteiger partial charge in [-0.2, -0.15) is 0 Å². The minimum atomic E-state index is -0.806. The van der Waals surface area contributed by atoms with E-state index in [9.17, 15) is 9.59 Å². The zero-order chi connectivity index (χ0) is 17.2. The summed E-state index contributed by atoms with van der Waals surface area (Å²) in [5.41, 5.74) is 2.25. The molecule has 0 saturated heterocycles. The van der Waals surface area contributed by atoms with Crippen molar-refractivity contribution in [1.82, 2.24) is 5.32 Å². The van der Waals surface area contributed by atoms with Gasteiger partial charge in [0.2, 0.25) is 0 Å². The average molecular weight is 339 g/mol. The molecule has 2 aromatic carbocycles. The Kier molecular flexibility index (Phi) is 4.01. The van der Waals surface area contributed by atoms with Crippen molar-refractivity contribution in [1.29, 1.82) is 0 Å². The maximum Gasteiger partial charge on any atom is 0.339 e. The Hall–Kier alpha value is -3.02. The first-order valence-electron chi connectivity index (χ1n) is 8.16. The number of esters is 1. The van der Waals surface area contributed by atoms with Crippen molar-refractivity contribution in [3.05, 3.63) is 59.2 Å². The molecule has 1 N–H and O–H groups in total. The van der Waals surface area contributed by atoms with Gasteiger partial charge in [0.15, 0.2) is 17.6 Å². The molecule has 0 radical (unpaired) electrons. The molecule has 0 aromatic heterocycles. The number of carbonyl (C=O) groups excluding carboxylic acids is 2. The van der Waals surface area contributed by atoms with Crippen LogP contribution in [0, 0.1) is 0 Å². The van der Waals surface area contributed by atoms with Crippen molar-refractivity contribution in [2.45, 2.75) is 19.1 Å². The Morgan fingerprint density at radius 1 is 1.08 bits per heavy atom. The summed E-state index contributed by atoms with van der Waals surface area (Å²) in [5, 5.41) is 2.81. The van der Waals surface area contributed by atoms with Gasteiger partial charge in [0.1, 0.15) is 13.2 Å². The van der Waals surface area contributed by atoms with Crippen molar-refractivity contribution in [2.24, 2.45) is 0 Å². The summed E-state index contributed by atoms with van der Waals surface area (Å²) < 4.78 is 16.3. The Labute approximate surface area is 144 Å². The molecule has 2 aliphatic rings. The van der Waals surface area contributed by atoms with Crippen molar-refractivity contribution in [3.63, 3.8) is 0 Å². The van der Waals surface area contributed by atoms with Gasteiger partial charge in [0.25, 0.3) is 5.91 Å². The molecular formula is C19H17NO5. The minimum Gasteiger partial charge on any atom is -0.486 e. The van der Waals surface area contributed by atoms with E-state index in [0.29, 0.717) is 43.2 Å². The first kappa shape index (κ1) is 15.5. The number of hydrogen-bond donors (Lipinski definition) is 1. The highest BCUT2D eigenvalue weighted by atomic mass is 16.6. The van der Waals surface area contributed by atoms with Crippen molar-refractivity contribution >= 4 is 11.9 Å². The van der Waals surface area contributed by atoms with Crippen LogP contribution in [0.15, 0.2) is 42.5 Å². The van der Waals surface area contributed by atoms with Crippen molar-refractivity contribution < 1.29 is 23.8 Å². The Morgan fingerprint density at radius 2 is 1.88 bits per heavy atom. The molecule has 1 atom stereocenters. The fourth-order valence-electron chi connectivity index (χ4n) is 2.98. The zero-order valence-corrected chi connectivity index (χ0v) is 13.5. The van der Waals surface area contributed by atoms with Gasteiger partial charge >= 0.3 is 5.97 Å². The van der Waals surface area contributed by atoms with Crippen molar-refractivity contribution in [3.8, 4) is 11.5 Å². The van der Waals surface area contributed by atoms with Crippen LogP contribution in [0.5, 0.6) is 11.5 Å². The molecule has 0 saturated carbocycles. The van der Waals surface area contributed by atoms with E-state index in [1.165, 1.54) is 0 Å². The second kappa shape index (κ2) is 6.47. The average Bonchev–Trinajstić information content (AvgIpc) is 2.66. The standard InChI is InChI=1S/C19H17NO5/c21-18(17-10-13-3-1-2-4-14(13)19(22)25-17)20-11-12-5-6-15-16(9-12)24-8-7-23-15/h1-6,9,17H,7-8,10-11H2,(H,20,21). The zero-order valence-electron chi connectivity index (χ0n) is 13.5. The molecule has 2 aliphatic heterocycles. The highest BCUT2D eigenvalue weighted by Gasteiger charge is 2.30. The highest BCUT2D eigenvalue weighted by molar-refractivity contribution is 5.95. The van der Waals surface area contributed by atoms with Crippen LogP contribution in [0.2, 0.25) is 0 Å². The molecule has 2 heterocycles. The number of nitrogens with one attached hydrogen (secondary N) is 1. The summed E-state index contributed by atoms with van der Waals surface area (Å²) in [4.78, 5) is 24.4. The highest BCUT2D eigenvalue weighted by Crippen LogP contribution is 2.30. The summed E-state index contributed by atoms with van der Waals surface area (Å²) in [6.07, 6.45) is -0.422. The van der Waals surface area contributed by atoms with Gasteiger partial charge in [-0.25, -0.2) is 4.79 Å². The van der Waals surface area contributed by atoms with Gasteiger partial charge in [0, 0.05) is 13.0 Å². The lowest BCUT2D eigenvalue weighted by atomic mass is 9.98. The van der Waals surface area contributed by atoms with Crippen LogP contribution in [0.3, 0.4) is 0 Å². The lowest BCUT2D eigenvalue weighted by Crippen LogP contribution is -2.41. The predicted octanol–water partition coefficient (Wildman–Crippen LogP) is 1.86. The largest absolute Gasteiger partial charge is 0.486 e. The number of fused-ring (bicyclic) bond motifs is 2. The fraction of sp³-hybridized carbons (Fsp3) is 0.263. The number of cyclic esters (lactones) is 1. The number of benzene rings is 2. The van der Waals surface area contributed by atoms with Gasteiger partial charge < -0.3 is 19.5 Å². The molecule has 128 valence electrons. The Balaban J connectivity index is 1.40. The van der Waals surface area contributed by atoms with Gasteiger partial charge in [-0.3, -0.25) is 4.79 Å². The van der Waals surface area contributed by atoms with Gasteiger partial charge in [0.05, 0.1) is 5.56 Å². The summed E-state index contributed by atoms with van der Waals surface area (Å²) in [7, 11) is 0. The van der Waals surface area contributed by atoms with E-state index in [1.807, 2.05) is 30.3 Å². The quantitative estimate of drug-likeness (QED) is 0.864. The van der Waals surface area contributed by atoms with E-state index < -0.39 is 12.1 Å². The minimum absolute atomic E-state index is 0.308. The van der Waals surface area contributed by atoms with Crippen LogP contribution in [-0.2, 0) is 22.5 Å². The summed E-state index contributed by atoms with van der Waals surface area (Å²) in [5.74, 6) is 0.620. The van der Waals surface area contributed by atoms with Crippen LogP contribution in [0.4, 0.5) is 0 Å². The van der Waals surface area contributed by atoms with Gasteiger partial charge in [-0.15, -0.1) is 0 Å². The number of carbonyl (C=O) groups is 2. The molecule has 0 bridgehead atoms. The third kappa shape index (κ3) is 3.15. The second-order valence-electron chi connectivity index (χ2n) is 5.95.